The monoisotopic (exact) mass is 265 g/mol. The molecule has 4 N–H and O–H groups in total. The summed E-state index contributed by atoms with van der Waals surface area (Å²) in [4.78, 5) is 10.3. The molecular formula is C10H19NO7. The number of carboxylic acids is 1. The Balaban J connectivity index is 2.59. The van der Waals surface area contributed by atoms with Crippen molar-refractivity contribution in [3.8, 4) is 0 Å². The van der Waals surface area contributed by atoms with Gasteiger partial charge in [-0.15, -0.1) is 0 Å². The molecule has 1 rings (SSSR count). The third-order valence-corrected chi connectivity index (χ3v) is 2.73. The van der Waals surface area contributed by atoms with Crippen LogP contribution >= 0.6 is 0 Å². The molecule has 0 amide bonds. The van der Waals surface area contributed by atoms with Gasteiger partial charge in [-0.05, 0) is 0 Å². The lowest BCUT2D eigenvalue weighted by Gasteiger charge is -2.41. The van der Waals surface area contributed by atoms with Crippen molar-refractivity contribution in [3.63, 3.8) is 0 Å². The number of rotatable bonds is 6. The minimum Gasteiger partial charge on any atom is -0.480 e. The summed E-state index contributed by atoms with van der Waals surface area (Å²) >= 11 is 0. The fourth-order valence-electron chi connectivity index (χ4n) is 1.84. The summed E-state index contributed by atoms with van der Waals surface area (Å²) in [6.07, 6.45) is -3.11. The average Bonchev–Trinajstić information content (AvgIpc) is 2.33. The second kappa shape index (κ2) is 6.98. The summed E-state index contributed by atoms with van der Waals surface area (Å²) in [7, 11) is 2.81. The van der Waals surface area contributed by atoms with Gasteiger partial charge >= 0.3 is 5.97 Å². The van der Waals surface area contributed by atoms with Gasteiger partial charge in [-0.25, -0.2) is 4.79 Å². The van der Waals surface area contributed by atoms with E-state index in [9.17, 15) is 9.90 Å². The van der Waals surface area contributed by atoms with E-state index >= 15 is 0 Å². The third kappa shape index (κ3) is 3.61. The SMILES string of the molecule is COC1OC(COCC(=O)O)C(OC)C(O)C1N. The Bertz CT molecular complexity index is 275. The molecule has 1 aliphatic heterocycles. The largest absolute Gasteiger partial charge is 0.480 e. The number of carboxylic acid groups (broad SMARTS) is 1. The van der Waals surface area contributed by atoms with Crippen LogP contribution in [0.1, 0.15) is 0 Å². The van der Waals surface area contributed by atoms with Crippen molar-refractivity contribution in [2.24, 2.45) is 5.73 Å². The smallest absolute Gasteiger partial charge is 0.329 e. The number of carbonyl (C=O) groups is 1. The minimum absolute atomic E-state index is 0.0333. The number of aliphatic hydroxyl groups is 1. The maximum Gasteiger partial charge on any atom is 0.329 e. The Kier molecular flexibility index (Phi) is 5.93. The second-order valence-corrected chi connectivity index (χ2v) is 3.96. The molecule has 1 saturated heterocycles. The molecule has 1 aliphatic rings. The Hall–Kier alpha value is -0.770. The molecule has 0 aromatic heterocycles. The van der Waals surface area contributed by atoms with Gasteiger partial charge in [-0.2, -0.15) is 0 Å². The first-order valence-corrected chi connectivity index (χ1v) is 5.45. The summed E-state index contributed by atoms with van der Waals surface area (Å²) < 4.78 is 20.5. The van der Waals surface area contributed by atoms with Crippen molar-refractivity contribution in [3.05, 3.63) is 0 Å². The number of aliphatic carboxylic acids is 1. The second-order valence-electron chi connectivity index (χ2n) is 3.96. The van der Waals surface area contributed by atoms with Crippen LogP contribution in [-0.4, -0.2) is 74.3 Å². The van der Waals surface area contributed by atoms with Crippen LogP contribution in [0.5, 0.6) is 0 Å². The van der Waals surface area contributed by atoms with E-state index in [1.807, 2.05) is 0 Å². The van der Waals surface area contributed by atoms with E-state index in [1.165, 1.54) is 14.2 Å². The van der Waals surface area contributed by atoms with Gasteiger partial charge in [-0.1, -0.05) is 0 Å². The van der Waals surface area contributed by atoms with Crippen molar-refractivity contribution in [2.75, 3.05) is 27.4 Å². The van der Waals surface area contributed by atoms with Crippen molar-refractivity contribution in [1.82, 2.24) is 0 Å². The van der Waals surface area contributed by atoms with Crippen molar-refractivity contribution >= 4 is 5.97 Å². The summed E-state index contributed by atoms with van der Waals surface area (Å²) in [5.74, 6) is -1.08. The van der Waals surface area contributed by atoms with Crippen LogP contribution in [0, 0.1) is 0 Å². The summed E-state index contributed by atoms with van der Waals surface area (Å²) in [6, 6.07) is -0.740. The number of hydrogen-bond acceptors (Lipinski definition) is 7. The van der Waals surface area contributed by atoms with Crippen LogP contribution in [-0.2, 0) is 23.7 Å². The molecule has 0 spiro atoms. The summed E-state index contributed by atoms with van der Waals surface area (Å²) in [6.45, 7) is -0.482. The number of nitrogens with two attached hydrogens (primary N) is 1. The number of hydrogen-bond donors (Lipinski definition) is 3. The maximum atomic E-state index is 10.3. The highest BCUT2D eigenvalue weighted by atomic mass is 16.7. The van der Waals surface area contributed by atoms with Gasteiger partial charge in [0, 0.05) is 14.2 Å². The molecule has 1 fully saturated rings. The topological polar surface area (TPSA) is 120 Å². The van der Waals surface area contributed by atoms with Gasteiger partial charge < -0.3 is 34.9 Å². The molecule has 0 bridgehead atoms. The molecule has 0 aromatic carbocycles. The molecule has 1 heterocycles. The fraction of sp³-hybridized carbons (Fsp3) is 0.900. The van der Waals surface area contributed by atoms with Crippen LogP contribution in [0.4, 0.5) is 0 Å². The van der Waals surface area contributed by atoms with Gasteiger partial charge in [0.05, 0.1) is 12.6 Å². The molecule has 18 heavy (non-hydrogen) atoms. The molecule has 0 aromatic rings. The lowest BCUT2D eigenvalue weighted by atomic mass is 9.97. The highest BCUT2D eigenvalue weighted by molar-refractivity contribution is 5.67. The Labute approximate surface area is 105 Å². The lowest BCUT2D eigenvalue weighted by molar-refractivity contribution is -0.265. The van der Waals surface area contributed by atoms with Crippen LogP contribution in [0.15, 0.2) is 0 Å². The third-order valence-electron chi connectivity index (χ3n) is 2.73. The van der Waals surface area contributed by atoms with E-state index in [2.05, 4.69) is 0 Å². The zero-order chi connectivity index (χ0) is 13.7. The highest BCUT2D eigenvalue weighted by Crippen LogP contribution is 2.22. The lowest BCUT2D eigenvalue weighted by Crippen LogP contribution is -2.63. The first-order chi connectivity index (χ1) is 8.51. The Morgan fingerprint density at radius 3 is 2.56 bits per heavy atom. The normalized spacial score (nSPS) is 36.6. The van der Waals surface area contributed by atoms with Crippen LogP contribution in [0.25, 0.3) is 0 Å². The Morgan fingerprint density at radius 1 is 1.39 bits per heavy atom. The van der Waals surface area contributed by atoms with Crippen LogP contribution in [0.2, 0.25) is 0 Å². The first-order valence-electron chi connectivity index (χ1n) is 5.45. The predicted octanol–water partition coefficient (Wildman–Crippen LogP) is -1.84. The van der Waals surface area contributed by atoms with Gasteiger partial charge in [0.15, 0.2) is 6.29 Å². The van der Waals surface area contributed by atoms with E-state index < -0.39 is 43.2 Å². The van der Waals surface area contributed by atoms with Gasteiger partial charge in [0.2, 0.25) is 0 Å². The average molecular weight is 265 g/mol. The summed E-state index contributed by atoms with van der Waals surface area (Å²) in [5.41, 5.74) is 5.72. The van der Waals surface area contributed by atoms with Gasteiger partial charge in [-0.3, -0.25) is 0 Å². The molecule has 106 valence electrons. The number of aliphatic hydroxyl groups excluding tert-OH is 1. The maximum absolute atomic E-state index is 10.3. The Morgan fingerprint density at radius 2 is 2.06 bits per heavy atom. The van der Waals surface area contributed by atoms with Crippen LogP contribution in [0.3, 0.4) is 0 Å². The number of ether oxygens (including phenoxy) is 4. The number of methoxy groups -OCH3 is 2. The standard InChI is InChI=1S/C10H19NO7/c1-15-9-5(3-17-4-6(12)13)18-10(16-2)7(11)8(9)14/h5,7-10,14H,3-4,11H2,1-2H3,(H,12,13). The highest BCUT2D eigenvalue weighted by Gasteiger charge is 2.44. The van der Waals surface area contributed by atoms with E-state index in [0.717, 1.165) is 0 Å². The van der Waals surface area contributed by atoms with Gasteiger partial charge in [0.1, 0.15) is 24.9 Å². The molecule has 5 unspecified atom stereocenters. The molecule has 0 saturated carbocycles. The van der Waals surface area contributed by atoms with E-state index in [0.29, 0.717) is 0 Å². The molecule has 8 nitrogen and oxygen atoms in total. The first kappa shape index (κ1) is 15.3. The molecule has 0 radical (unpaired) electrons. The van der Waals surface area contributed by atoms with E-state index in [1.54, 1.807) is 0 Å². The van der Waals surface area contributed by atoms with E-state index in [-0.39, 0.29) is 6.61 Å². The van der Waals surface area contributed by atoms with Crippen LogP contribution < -0.4 is 5.73 Å². The zero-order valence-corrected chi connectivity index (χ0v) is 10.3. The predicted molar refractivity (Wildman–Crippen MR) is 58.9 cm³/mol. The molecule has 0 aliphatic carbocycles. The van der Waals surface area contributed by atoms with Crippen molar-refractivity contribution in [1.29, 1.82) is 0 Å². The molecular weight excluding hydrogens is 246 g/mol. The molecule has 8 heteroatoms. The van der Waals surface area contributed by atoms with E-state index in [4.69, 9.17) is 29.8 Å². The van der Waals surface area contributed by atoms with Gasteiger partial charge in [0.25, 0.3) is 0 Å². The molecule has 5 atom stereocenters. The van der Waals surface area contributed by atoms with Crippen molar-refractivity contribution < 1.29 is 34.0 Å². The zero-order valence-electron chi connectivity index (χ0n) is 10.3. The van der Waals surface area contributed by atoms with Crippen molar-refractivity contribution in [2.45, 2.75) is 30.6 Å². The fourth-order valence-corrected chi connectivity index (χ4v) is 1.84. The quantitative estimate of drug-likeness (QED) is 0.512. The minimum atomic E-state index is -1.08. The summed E-state index contributed by atoms with van der Waals surface area (Å²) in [5, 5.41) is 18.4.